The van der Waals surface area contributed by atoms with E-state index < -0.39 is 0 Å². The SMILES string of the molecule is O=CN(c1cc(Cl)c(N2CCCC2)o1)c1nccs1. The highest BCUT2D eigenvalue weighted by atomic mass is 35.5. The molecular formula is C12H12ClN3O2S. The summed E-state index contributed by atoms with van der Waals surface area (Å²) in [5, 5.41) is 2.89. The summed E-state index contributed by atoms with van der Waals surface area (Å²) in [6, 6.07) is 1.66. The van der Waals surface area contributed by atoms with E-state index in [-0.39, 0.29) is 0 Å². The van der Waals surface area contributed by atoms with Crippen molar-refractivity contribution in [2.45, 2.75) is 12.8 Å². The number of thiazole rings is 1. The van der Waals surface area contributed by atoms with E-state index in [9.17, 15) is 4.79 Å². The van der Waals surface area contributed by atoms with Crippen LogP contribution in [0.2, 0.25) is 5.02 Å². The molecule has 0 radical (unpaired) electrons. The van der Waals surface area contributed by atoms with Gasteiger partial charge in [0.2, 0.25) is 18.2 Å². The number of hydrogen-bond donors (Lipinski definition) is 0. The lowest BCUT2D eigenvalue weighted by Crippen LogP contribution is -2.17. The van der Waals surface area contributed by atoms with Gasteiger partial charge in [0.05, 0.1) is 0 Å². The molecule has 1 aliphatic heterocycles. The van der Waals surface area contributed by atoms with Crippen LogP contribution in [0.5, 0.6) is 0 Å². The minimum absolute atomic E-state index is 0.400. The van der Waals surface area contributed by atoms with Gasteiger partial charge in [-0.15, -0.1) is 11.3 Å². The summed E-state index contributed by atoms with van der Waals surface area (Å²) in [7, 11) is 0. The summed E-state index contributed by atoms with van der Waals surface area (Å²) in [6.07, 6.45) is 4.59. The molecule has 0 N–H and O–H groups in total. The Kier molecular flexibility index (Phi) is 3.44. The summed E-state index contributed by atoms with van der Waals surface area (Å²) >= 11 is 7.56. The van der Waals surface area contributed by atoms with Crippen LogP contribution in [-0.4, -0.2) is 24.5 Å². The van der Waals surface area contributed by atoms with Crippen LogP contribution < -0.4 is 9.80 Å². The molecule has 1 aliphatic rings. The number of hydrogen-bond acceptors (Lipinski definition) is 5. The van der Waals surface area contributed by atoms with Crippen LogP contribution in [0, 0.1) is 0 Å². The van der Waals surface area contributed by atoms with Crippen LogP contribution in [0.15, 0.2) is 22.1 Å². The monoisotopic (exact) mass is 297 g/mol. The number of carbonyl (C=O) groups is 1. The Labute approximate surface area is 119 Å². The van der Waals surface area contributed by atoms with E-state index in [0.717, 1.165) is 25.9 Å². The predicted octanol–water partition coefficient (Wildman–Crippen LogP) is 3.28. The van der Waals surface area contributed by atoms with Crippen molar-refractivity contribution in [2.75, 3.05) is 22.9 Å². The smallest absolute Gasteiger partial charge is 0.222 e. The molecule has 1 amide bonds. The number of furan rings is 1. The number of carbonyl (C=O) groups excluding carboxylic acids is 1. The molecule has 2 aromatic heterocycles. The maximum Gasteiger partial charge on any atom is 0.222 e. The van der Waals surface area contributed by atoms with Crippen LogP contribution >= 0.6 is 22.9 Å². The molecule has 0 saturated carbocycles. The van der Waals surface area contributed by atoms with E-state index in [0.29, 0.717) is 28.3 Å². The molecule has 0 aliphatic carbocycles. The standard InChI is InChI=1S/C12H12ClN3O2S/c13-9-7-10(16(8-17)12-14-3-6-19-12)18-11(9)15-4-1-2-5-15/h3,6-8H,1-2,4-5H2. The lowest BCUT2D eigenvalue weighted by Gasteiger charge is -2.14. The third-order valence-electron chi connectivity index (χ3n) is 3.02. The Morgan fingerprint density at radius 3 is 2.89 bits per heavy atom. The number of halogens is 1. The number of rotatable bonds is 4. The molecule has 0 aromatic carbocycles. The quantitative estimate of drug-likeness (QED) is 0.813. The molecule has 2 aromatic rings. The molecule has 1 saturated heterocycles. The zero-order chi connectivity index (χ0) is 13.2. The van der Waals surface area contributed by atoms with Crippen molar-refractivity contribution in [3.05, 3.63) is 22.7 Å². The highest BCUT2D eigenvalue weighted by Gasteiger charge is 2.23. The normalized spacial score (nSPS) is 14.9. The predicted molar refractivity (Wildman–Crippen MR) is 75.5 cm³/mol. The van der Waals surface area contributed by atoms with Gasteiger partial charge < -0.3 is 9.32 Å². The Bertz CT molecular complexity index is 564. The summed E-state index contributed by atoms with van der Waals surface area (Å²) in [4.78, 5) is 18.8. The molecule has 100 valence electrons. The van der Waals surface area contributed by atoms with Crippen molar-refractivity contribution in [1.29, 1.82) is 0 Å². The molecule has 3 rings (SSSR count). The Morgan fingerprint density at radius 1 is 1.47 bits per heavy atom. The van der Waals surface area contributed by atoms with Gasteiger partial charge >= 0.3 is 0 Å². The highest BCUT2D eigenvalue weighted by Crippen LogP contribution is 2.38. The molecular weight excluding hydrogens is 286 g/mol. The summed E-state index contributed by atoms with van der Waals surface area (Å²) in [6.45, 7) is 1.87. The number of amides is 1. The maximum atomic E-state index is 11.2. The van der Waals surface area contributed by atoms with Gasteiger partial charge in [-0.05, 0) is 12.8 Å². The fraction of sp³-hybridized carbons (Fsp3) is 0.333. The minimum atomic E-state index is 0.400. The number of nitrogens with zero attached hydrogens (tertiary/aromatic N) is 3. The van der Waals surface area contributed by atoms with Gasteiger partial charge in [-0.1, -0.05) is 11.6 Å². The topological polar surface area (TPSA) is 49.6 Å². The zero-order valence-electron chi connectivity index (χ0n) is 10.1. The first kappa shape index (κ1) is 12.5. The molecule has 0 atom stereocenters. The van der Waals surface area contributed by atoms with E-state index in [2.05, 4.69) is 9.88 Å². The fourth-order valence-electron chi connectivity index (χ4n) is 2.13. The van der Waals surface area contributed by atoms with Crippen molar-refractivity contribution >= 4 is 46.2 Å². The lowest BCUT2D eigenvalue weighted by atomic mass is 10.4. The van der Waals surface area contributed by atoms with Crippen LogP contribution in [0.25, 0.3) is 0 Å². The van der Waals surface area contributed by atoms with E-state index in [1.54, 1.807) is 17.6 Å². The van der Waals surface area contributed by atoms with Gasteiger partial charge in [0.15, 0.2) is 5.13 Å². The highest BCUT2D eigenvalue weighted by molar-refractivity contribution is 7.13. The second-order valence-electron chi connectivity index (χ2n) is 4.22. The van der Waals surface area contributed by atoms with Crippen molar-refractivity contribution in [1.82, 2.24) is 4.98 Å². The van der Waals surface area contributed by atoms with Crippen LogP contribution in [-0.2, 0) is 4.79 Å². The summed E-state index contributed by atoms with van der Waals surface area (Å²) in [5.41, 5.74) is 0. The van der Waals surface area contributed by atoms with Gasteiger partial charge in [0.25, 0.3) is 0 Å². The third kappa shape index (κ3) is 2.33. The Morgan fingerprint density at radius 2 is 2.26 bits per heavy atom. The maximum absolute atomic E-state index is 11.2. The fourth-order valence-corrected chi connectivity index (χ4v) is 2.99. The average molecular weight is 298 g/mol. The van der Waals surface area contributed by atoms with Crippen molar-refractivity contribution in [2.24, 2.45) is 0 Å². The van der Waals surface area contributed by atoms with Gasteiger partial charge in [-0.3, -0.25) is 4.79 Å². The third-order valence-corrected chi connectivity index (χ3v) is 4.06. The average Bonchev–Trinajstić information content (AvgIpc) is 3.10. The molecule has 7 heteroatoms. The molecule has 0 unspecified atom stereocenters. The van der Waals surface area contributed by atoms with Crippen LogP contribution in [0.4, 0.5) is 16.9 Å². The Hall–Kier alpha value is -1.53. The molecule has 1 fully saturated rings. The number of anilines is 3. The van der Waals surface area contributed by atoms with Crippen molar-refractivity contribution in [3.8, 4) is 0 Å². The first-order valence-corrected chi connectivity index (χ1v) is 7.23. The van der Waals surface area contributed by atoms with Crippen molar-refractivity contribution in [3.63, 3.8) is 0 Å². The van der Waals surface area contributed by atoms with Crippen LogP contribution in [0.3, 0.4) is 0 Å². The first-order valence-electron chi connectivity index (χ1n) is 5.98. The van der Waals surface area contributed by atoms with E-state index in [1.165, 1.54) is 16.2 Å². The largest absolute Gasteiger partial charge is 0.422 e. The van der Waals surface area contributed by atoms with Gasteiger partial charge in [0, 0.05) is 30.7 Å². The Balaban J connectivity index is 1.92. The lowest BCUT2D eigenvalue weighted by molar-refractivity contribution is -0.107. The second kappa shape index (κ2) is 5.22. The van der Waals surface area contributed by atoms with Gasteiger partial charge in [-0.25, -0.2) is 9.88 Å². The minimum Gasteiger partial charge on any atom is -0.422 e. The second-order valence-corrected chi connectivity index (χ2v) is 5.50. The first-order chi connectivity index (χ1) is 9.29. The van der Waals surface area contributed by atoms with Crippen LogP contribution in [0.1, 0.15) is 12.8 Å². The summed E-state index contributed by atoms with van der Waals surface area (Å²) < 4.78 is 5.73. The zero-order valence-corrected chi connectivity index (χ0v) is 11.7. The van der Waals surface area contributed by atoms with E-state index in [1.807, 2.05) is 0 Å². The molecule has 19 heavy (non-hydrogen) atoms. The molecule has 3 heterocycles. The molecule has 0 bridgehead atoms. The van der Waals surface area contributed by atoms with E-state index in [4.69, 9.17) is 16.0 Å². The molecule has 0 spiro atoms. The number of aromatic nitrogens is 1. The van der Waals surface area contributed by atoms with E-state index >= 15 is 0 Å². The van der Waals surface area contributed by atoms with Gasteiger partial charge in [0.1, 0.15) is 5.02 Å². The molecule has 5 nitrogen and oxygen atoms in total. The van der Waals surface area contributed by atoms with Crippen molar-refractivity contribution < 1.29 is 9.21 Å². The van der Waals surface area contributed by atoms with Gasteiger partial charge in [-0.2, -0.15) is 0 Å². The summed E-state index contributed by atoms with van der Waals surface area (Å²) in [5.74, 6) is 1.04.